The van der Waals surface area contributed by atoms with E-state index in [1.54, 1.807) is 31.4 Å². The van der Waals surface area contributed by atoms with Gasteiger partial charge in [0.25, 0.3) is 5.91 Å². The van der Waals surface area contributed by atoms with Gasteiger partial charge in [0, 0.05) is 5.69 Å². The number of hydrogen-bond acceptors (Lipinski definition) is 7. The molecular weight excluding hydrogens is 380 g/mol. The van der Waals surface area contributed by atoms with Crippen molar-refractivity contribution in [3.63, 3.8) is 0 Å². The van der Waals surface area contributed by atoms with Crippen molar-refractivity contribution in [1.82, 2.24) is 4.98 Å². The topological polar surface area (TPSA) is 86.8 Å². The first-order chi connectivity index (χ1) is 13.5. The van der Waals surface area contributed by atoms with Crippen LogP contribution < -0.4 is 10.1 Å². The Morgan fingerprint density at radius 1 is 1.14 bits per heavy atom. The predicted octanol–water partition coefficient (Wildman–Crippen LogP) is 3.39. The molecule has 0 aliphatic rings. The number of thiazole rings is 1. The van der Waals surface area contributed by atoms with Gasteiger partial charge in [0.15, 0.2) is 6.10 Å². The molecule has 1 amide bonds. The Morgan fingerprint density at radius 3 is 2.61 bits per heavy atom. The molecule has 146 valence electrons. The van der Waals surface area contributed by atoms with Crippen LogP contribution in [0.5, 0.6) is 5.75 Å². The first-order valence-corrected chi connectivity index (χ1v) is 9.43. The molecule has 0 aliphatic carbocycles. The third-order valence-electron chi connectivity index (χ3n) is 3.82. The summed E-state index contributed by atoms with van der Waals surface area (Å²) in [5, 5.41) is 3.45. The lowest BCUT2D eigenvalue weighted by molar-refractivity contribution is -0.157. The second kappa shape index (κ2) is 9.29. The highest BCUT2D eigenvalue weighted by Crippen LogP contribution is 2.22. The van der Waals surface area contributed by atoms with Crippen molar-refractivity contribution in [2.24, 2.45) is 0 Å². The molecule has 3 rings (SSSR count). The Labute approximate surface area is 166 Å². The summed E-state index contributed by atoms with van der Waals surface area (Å²) in [4.78, 5) is 28.5. The van der Waals surface area contributed by atoms with Gasteiger partial charge in [0.05, 0.1) is 23.9 Å². The summed E-state index contributed by atoms with van der Waals surface area (Å²) in [5.74, 6) is -0.356. The number of carbonyl (C=O) groups is 2. The number of aromatic nitrogens is 1. The number of hydrogen-bond donors (Lipinski definition) is 1. The van der Waals surface area contributed by atoms with Gasteiger partial charge in [-0.05, 0) is 43.3 Å². The number of anilines is 1. The van der Waals surface area contributed by atoms with Crippen LogP contribution in [0.4, 0.5) is 5.69 Å². The summed E-state index contributed by atoms with van der Waals surface area (Å²) in [6, 6.07) is 14.6. The standard InChI is InChI=1S/C20H20N2O5S/c1-13(20(24)21-14-7-9-15(25-2)10-8-14)27-19(23)12-26-11-18-22-16-5-3-4-6-17(16)28-18/h3-10,13H,11-12H2,1-2H3,(H,21,24)/t13-/m0/s1. The molecule has 0 saturated carbocycles. The van der Waals surface area contributed by atoms with E-state index in [4.69, 9.17) is 14.2 Å². The summed E-state index contributed by atoms with van der Waals surface area (Å²) in [5.41, 5.74) is 1.48. The molecule has 3 aromatic rings. The molecule has 0 spiro atoms. The van der Waals surface area contributed by atoms with Crippen LogP contribution in [0, 0.1) is 0 Å². The molecular formula is C20H20N2O5S. The zero-order valence-electron chi connectivity index (χ0n) is 15.5. The Balaban J connectivity index is 1.42. The lowest BCUT2D eigenvalue weighted by atomic mass is 10.3. The number of amides is 1. The zero-order valence-corrected chi connectivity index (χ0v) is 16.3. The van der Waals surface area contributed by atoms with E-state index in [1.165, 1.54) is 18.3 Å². The molecule has 0 unspecified atom stereocenters. The van der Waals surface area contributed by atoms with E-state index in [9.17, 15) is 9.59 Å². The van der Waals surface area contributed by atoms with Gasteiger partial charge in [-0.2, -0.15) is 0 Å². The average molecular weight is 400 g/mol. The van der Waals surface area contributed by atoms with Crippen molar-refractivity contribution >= 4 is 39.1 Å². The number of benzene rings is 2. The Bertz CT molecular complexity index is 922. The van der Waals surface area contributed by atoms with Gasteiger partial charge in [0.1, 0.15) is 17.4 Å². The summed E-state index contributed by atoms with van der Waals surface area (Å²) >= 11 is 1.51. The summed E-state index contributed by atoms with van der Waals surface area (Å²) in [6.07, 6.45) is -0.944. The summed E-state index contributed by atoms with van der Waals surface area (Å²) in [7, 11) is 1.56. The maximum Gasteiger partial charge on any atom is 0.332 e. The lowest BCUT2D eigenvalue weighted by Gasteiger charge is -2.13. The summed E-state index contributed by atoms with van der Waals surface area (Å²) < 4.78 is 16.6. The number of carbonyl (C=O) groups excluding carboxylic acids is 2. The number of nitrogens with zero attached hydrogens (tertiary/aromatic N) is 1. The monoisotopic (exact) mass is 400 g/mol. The first-order valence-electron chi connectivity index (χ1n) is 8.62. The minimum atomic E-state index is -0.944. The van der Waals surface area contributed by atoms with E-state index in [0.29, 0.717) is 11.4 Å². The van der Waals surface area contributed by atoms with E-state index >= 15 is 0 Å². The molecule has 0 saturated heterocycles. The maximum absolute atomic E-state index is 12.1. The number of para-hydroxylation sites is 1. The van der Waals surface area contributed by atoms with Crippen molar-refractivity contribution in [2.75, 3.05) is 19.0 Å². The number of fused-ring (bicyclic) bond motifs is 1. The molecule has 1 atom stereocenters. The SMILES string of the molecule is COc1ccc(NC(=O)[C@H](C)OC(=O)COCc2nc3ccccc3s2)cc1. The van der Waals surface area contributed by atoms with Gasteiger partial charge in [-0.25, -0.2) is 9.78 Å². The normalized spacial score (nSPS) is 11.8. The fraction of sp³-hybridized carbons (Fsp3) is 0.250. The van der Waals surface area contributed by atoms with Crippen LogP contribution >= 0.6 is 11.3 Å². The van der Waals surface area contributed by atoms with E-state index in [1.807, 2.05) is 24.3 Å². The van der Waals surface area contributed by atoms with Gasteiger partial charge < -0.3 is 19.5 Å². The minimum Gasteiger partial charge on any atom is -0.497 e. The molecule has 0 radical (unpaired) electrons. The molecule has 0 aliphatic heterocycles. The Morgan fingerprint density at radius 2 is 1.89 bits per heavy atom. The molecule has 28 heavy (non-hydrogen) atoms. The second-order valence-electron chi connectivity index (χ2n) is 5.92. The molecule has 7 nitrogen and oxygen atoms in total. The van der Waals surface area contributed by atoms with Crippen molar-refractivity contribution < 1.29 is 23.8 Å². The summed E-state index contributed by atoms with van der Waals surface area (Å²) in [6.45, 7) is 1.46. The highest BCUT2D eigenvalue weighted by atomic mass is 32.1. The van der Waals surface area contributed by atoms with Crippen LogP contribution in [0.25, 0.3) is 10.2 Å². The molecule has 1 aromatic heterocycles. The Hall–Kier alpha value is -2.97. The van der Waals surface area contributed by atoms with Gasteiger partial charge in [-0.3, -0.25) is 4.79 Å². The fourth-order valence-corrected chi connectivity index (χ4v) is 3.31. The number of rotatable bonds is 8. The van der Waals surface area contributed by atoms with Crippen molar-refractivity contribution in [3.05, 3.63) is 53.5 Å². The smallest absolute Gasteiger partial charge is 0.332 e. The van der Waals surface area contributed by atoms with Gasteiger partial charge in [-0.1, -0.05) is 12.1 Å². The van der Waals surface area contributed by atoms with Crippen molar-refractivity contribution in [3.8, 4) is 5.75 Å². The van der Waals surface area contributed by atoms with Gasteiger partial charge in [-0.15, -0.1) is 11.3 Å². The third-order valence-corrected chi connectivity index (χ3v) is 4.83. The number of nitrogens with one attached hydrogen (secondary N) is 1. The number of esters is 1. The average Bonchev–Trinajstić information content (AvgIpc) is 3.11. The van der Waals surface area contributed by atoms with Crippen LogP contribution in [-0.4, -0.2) is 36.7 Å². The molecule has 8 heteroatoms. The van der Waals surface area contributed by atoms with E-state index in [-0.39, 0.29) is 13.2 Å². The van der Waals surface area contributed by atoms with Crippen LogP contribution in [-0.2, 0) is 25.7 Å². The number of methoxy groups -OCH3 is 1. The Kier molecular flexibility index (Phi) is 6.57. The predicted molar refractivity (Wildman–Crippen MR) is 106 cm³/mol. The van der Waals surface area contributed by atoms with Crippen molar-refractivity contribution in [2.45, 2.75) is 19.6 Å². The number of ether oxygens (including phenoxy) is 3. The van der Waals surface area contributed by atoms with Crippen molar-refractivity contribution in [1.29, 1.82) is 0 Å². The highest BCUT2D eigenvalue weighted by Gasteiger charge is 2.18. The molecule has 0 bridgehead atoms. The maximum atomic E-state index is 12.1. The van der Waals surface area contributed by atoms with E-state index < -0.39 is 18.0 Å². The fourth-order valence-electron chi connectivity index (χ4n) is 2.41. The van der Waals surface area contributed by atoms with E-state index in [2.05, 4.69) is 10.3 Å². The van der Waals surface area contributed by atoms with E-state index in [0.717, 1.165) is 15.2 Å². The van der Waals surface area contributed by atoms with Crippen LogP contribution in [0.2, 0.25) is 0 Å². The van der Waals surface area contributed by atoms with Gasteiger partial charge >= 0.3 is 5.97 Å². The van der Waals surface area contributed by atoms with Crippen LogP contribution in [0.3, 0.4) is 0 Å². The third kappa shape index (κ3) is 5.28. The van der Waals surface area contributed by atoms with Gasteiger partial charge in [0.2, 0.25) is 0 Å². The molecule has 0 fully saturated rings. The lowest BCUT2D eigenvalue weighted by Crippen LogP contribution is -2.31. The first kappa shape index (κ1) is 19.8. The highest BCUT2D eigenvalue weighted by molar-refractivity contribution is 7.18. The second-order valence-corrected chi connectivity index (χ2v) is 7.03. The van der Waals surface area contributed by atoms with Crippen LogP contribution in [0.15, 0.2) is 48.5 Å². The quantitative estimate of drug-likeness (QED) is 0.583. The molecule has 1 heterocycles. The molecule has 1 N–H and O–H groups in total. The minimum absolute atomic E-state index is 0.209. The largest absolute Gasteiger partial charge is 0.497 e. The molecule has 2 aromatic carbocycles. The zero-order chi connectivity index (χ0) is 19.9. The van der Waals surface area contributed by atoms with Crippen LogP contribution in [0.1, 0.15) is 11.9 Å².